The van der Waals surface area contributed by atoms with E-state index in [1.807, 2.05) is 63.3 Å². The van der Waals surface area contributed by atoms with Crippen LogP contribution in [-0.2, 0) is 4.79 Å². The number of nitrogens with one attached hydrogen (secondary N) is 2. The highest BCUT2D eigenvalue weighted by atomic mass is 32.2. The Labute approximate surface area is 187 Å². The quantitative estimate of drug-likeness (QED) is 0.206. The molecule has 0 unspecified atom stereocenters. The van der Waals surface area contributed by atoms with Crippen LogP contribution in [0.3, 0.4) is 0 Å². The van der Waals surface area contributed by atoms with Gasteiger partial charge in [-0.25, -0.2) is 4.98 Å². The van der Waals surface area contributed by atoms with Crippen LogP contribution in [0.5, 0.6) is 11.5 Å². The van der Waals surface area contributed by atoms with Crippen molar-refractivity contribution in [1.29, 1.82) is 5.41 Å². The van der Waals surface area contributed by atoms with Crippen LogP contribution in [0.15, 0.2) is 42.7 Å². The molecular formula is C21H30N6O3S. The van der Waals surface area contributed by atoms with E-state index >= 15 is 0 Å². The lowest BCUT2D eigenvalue weighted by Crippen LogP contribution is -2.02. The normalized spacial score (nSPS) is 9.00. The number of ether oxygens (including phenoxy) is 2. The minimum absolute atomic E-state index is 0.571. The number of benzene rings is 2. The Hall–Kier alpha value is -3.21. The van der Waals surface area contributed by atoms with E-state index in [0.29, 0.717) is 5.04 Å². The van der Waals surface area contributed by atoms with Gasteiger partial charge in [-0.15, -0.1) is 11.8 Å². The number of aromatic amines is 1. The largest absolute Gasteiger partial charge is 0.497 e. The van der Waals surface area contributed by atoms with Crippen LogP contribution in [0.25, 0.3) is 11.4 Å². The predicted octanol–water partition coefficient (Wildman–Crippen LogP) is 3.11. The van der Waals surface area contributed by atoms with Crippen molar-refractivity contribution < 1.29 is 14.3 Å². The van der Waals surface area contributed by atoms with Gasteiger partial charge in [-0.3, -0.25) is 22.2 Å². The lowest BCUT2D eigenvalue weighted by atomic mass is 10.1. The number of methoxy groups -OCH3 is 2. The molecule has 0 atom stereocenters. The molecule has 0 saturated heterocycles. The average molecular weight is 447 g/mol. The molecule has 0 bridgehead atoms. The molecule has 3 rings (SSSR count). The Kier molecular flexibility index (Phi) is 14.0. The fourth-order valence-corrected chi connectivity index (χ4v) is 2.82. The third-order valence-electron chi connectivity index (χ3n) is 3.73. The maximum atomic E-state index is 8.00. The van der Waals surface area contributed by atoms with Crippen molar-refractivity contribution in [3.8, 4) is 22.9 Å². The molecular weight excluding hydrogens is 416 g/mol. The number of carbonyl (C=O) groups excluding carboxylic acids is 1. The zero-order valence-corrected chi connectivity index (χ0v) is 19.2. The summed E-state index contributed by atoms with van der Waals surface area (Å²) in [6, 6.07) is 11.8. The van der Waals surface area contributed by atoms with Crippen LogP contribution < -0.4 is 21.2 Å². The molecule has 0 radical (unpaired) electrons. The molecule has 10 heteroatoms. The van der Waals surface area contributed by atoms with E-state index < -0.39 is 0 Å². The van der Waals surface area contributed by atoms with E-state index in [0.717, 1.165) is 39.6 Å². The molecule has 1 heterocycles. The second-order valence-corrected chi connectivity index (χ2v) is 6.66. The number of thioether (sulfide) groups is 1. The van der Waals surface area contributed by atoms with Crippen LogP contribution >= 0.6 is 11.8 Å². The van der Waals surface area contributed by atoms with E-state index in [1.165, 1.54) is 18.1 Å². The van der Waals surface area contributed by atoms with Gasteiger partial charge in [0.2, 0.25) is 0 Å². The zero-order chi connectivity index (χ0) is 23.8. The standard InChI is InChI=1S/C10H11N3O.C10H13NOS.CH2O.H4N2/c1-7-3-8(5-9(4-7)14-2)10-11-6-12-13-10;1-7-4-8(10(11)13-3)6-9(5-7)12-2;2*1-2/h3-6H,1-2H3,(H,11,12,13);4-6,11H,1-3H3;1H2;1-2H2. The van der Waals surface area contributed by atoms with Gasteiger partial charge in [-0.2, -0.15) is 5.10 Å². The number of H-pyrrole nitrogens is 1. The summed E-state index contributed by atoms with van der Waals surface area (Å²) in [5, 5.41) is 14.8. The minimum Gasteiger partial charge on any atom is -0.497 e. The number of aryl methyl sites for hydroxylation is 2. The summed E-state index contributed by atoms with van der Waals surface area (Å²) in [4.78, 5) is 12.1. The van der Waals surface area contributed by atoms with Crippen molar-refractivity contribution in [2.24, 2.45) is 11.7 Å². The average Bonchev–Trinajstić information content (AvgIpc) is 3.36. The topological polar surface area (TPSA) is 153 Å². The van der Waals surface area contributed by atoms with Gasteiger partial charge in [0.05, 0.1) is 19.3 Å². The Bertz CT molecular complexity index is 919. The number of carbonyl (C=O) groups is 1. The number of hydrazine groups is 1. The van der Waals surface area contributed by atoms with Crippen LogP contribution in [0, 0.1) is 19.3 Å². The molecule has 0 aliphatic rings. The Balaban J connectivity index is 0.000000502. The first-order chi connectivity index (χ1) is 15.0. The molecule has 0 amide bonds. The van der Waals surface area contributed by atoms with E-state index in [4.69, 9.17) is 19.7 Å². The summed E-state index contributed by atoms with van der Waals surface area (Å²) in [5.41, 5.74) is 4.16. The van der Waals surface area contributed by atoms with Crippen molar-refractivity contribution in [3.63, 3.8) is 0 Å². The molecule has 0 aliphatic heterocycles. The maximum Gasteiger partial charge on any atom is 0.155 e. The summed E-state index contributed by atoms with van der Waals surface area (Å²) >= 11 is 1.43. The first-order valence-corrected chi connectivity index (χ1v) is 10.1. The second kappa shape index (κ2) is 15.6. The number of nitrogens with two attached hydrogens (primary N) is 2. The molecule has 0 aliphatic carbocycles. The van der Waals surface area contributed by atoms with Crippen molar-refractivity contribution in [2.45, 2.75) is 13.8 Å². The van der Waals surface area contributed by atoms with Crippen molar-refractivity contribution in [1.82, 2.24) is 15.2 Å². The van der Waals surface area contributed by atoms with Gasteiger partial charge in [0.1, 0.15) is 24.6 Å². The molecule has 168 valence electrons. The Morgan fingerprint density at radius 2 is 1.55 bits per heavy atom. The van der Waals surface area contributed by atoms with Gasteiger partial charge in [0.15, 0.2) is 5.82 Å². The van der Waals surface area contributed by atoms with Gasteiger partial charge < -0.3 is 14.3 Å². The molecule has 6 N–H and O–H groups in total. The fraction of sp³-hybridized carbons (Fsp3) is 0.238. The van der Waals surface area contributed by atoms with Gasteiger partial charge in [-0.05, 0) is 67.6 Å². The predicted molar refractivity (Wildman–Crippen MR) is 127 cm³/mol. The van der Waals surface area contributed by atoms with Crippen LogP contribution in [0.4, 0.5) is 0 Å². The van der Waals surface area contributed by atoms with E-state index in [9.17, 15) is 0 Å². The summed E-state index contributed by atoms with van der Waals surface area (Å²) in [6.45, 7) is 6.02. The molecule has 0 spiro atoms. The van der Waals surface area contributed by atoms with E-state index in [-0.39, 0.29) is 0 Å². The molecule has 9 nitrogen and oxygen atoms in total. The number of nitrogens with zero attached hydrogens (tertiary/aromatic N) is 2. The SMILES string of the molecule is C=O.COc1cc(C)cc(-c2ncn[nH]2)c1.COc1cc(C)cc(C(=N)SC)c1.NN. The van der Waals surface area contributed by atoms with Gasteiger partial charge in [0.25, 0.3) is 0 Å². The summed E-state index contributed by atoms with van der Waals surface area (Å²) < 4.78 is 10.3. The third-order valence-corrected chi connectivity index (χ3v) is 4.37. The van der Waals surface area contributed by atoms with Crippen molar-refractivity contribution in [3.05, 3.63) is 59.4 Å². The van der Waals surface area contributed by atoms with Crippen LogP contribution in [0.1, 0.15) is 16.7 Å². The summed E-state index contributed by atoms with van der Waals surface area (Å²) in [5.74, 6) is 10.4. The first-order valence-electron chi connectivity index (χ1n) is 8.89. The molecule has 3 aromatic rings. The highest BCUT2D eigenvalue weighted by Gasteiger charge is 2.04. The monoisotopic (exact) mass is 446 g/mol. The number of hydrogen-bond donors (Lipinski definition) is 4. The highest BCUT2D eigenvalue weighted by Crippen LogP contribution is 2.22. The molecule has 2 aromatic carbocycles. The Morgan fingerprint density at radius 3 is 2.03 bits per heavy atom. The van der Waals surface area contributed by atoms with Crippen LogP contribution in [0.2, 0.25) is 0 Å². The van der Waals surface area contributed by atoms with E-state index in [2.05, 4.69) is 26.9 Å². The summed E-state index contributed by atoms with van der Waals surface area (Å²) in [7, 11) is 3.29. The lowest BCUT2D eigenvalue weighted by Gasteiger charge is -2.05. The maximum absolute atomic E-state index is 8.00. The Morgan fingerprint density at radius 1 is 1.00 bits per heavy atom. The number of hydrogen-bond acceptors (Lipinski definition) is 9. The zero-order valence-electron chi connectivity index (χ0n) is 18.4. The van der Waals surface area contributed by atoms with Crippen molar-refractivity contribution in [2.75, 3.05) is 20.5 Å². The second-order valence-electron chi connectivity index (χ2n) is 5.85. The van der Waals surface area contributed by atoms with Gasteiger partial charge in [-0.1, -0.05) is 0 Å². The highest BCUT2D eigenvalue weighted by molar-refractivity contribution is 8.13. The number of rotatable bonds is 4. The third kappa shape index (κ3) is 9.43. The summed E-state index contributed by atoms with van der Waals surface area (Å²) in [6.07, 6.45) is 3.39. The first kappa shape index (κ1) is 27.8. The van der Waals surface area contributed by atoms with Gasteiger partial charge >= 0.3 is 0 Å². The smallest absolute Gasteiger partial charge is 0.155 e. The van der Waals surface area contributed by atoms with Crippen LogP contribution in [-0.4, -0.2) is 47.5 Å². The minimum atomic E-state index is 0.571. The van der Waals surface area contributed by atoms with Gasteiger partial charge in [0, 0.05) is 11.1 Å². The molecule has 1 aromatic heterocycles. The fourth-order valence-electron chi connectivity index (χ4n) is 2.46. The molecule has 31 heavy (non-hydrogen) atoms. The van der Waals surface area contributed by atoms with Crippen molar-refractivity contribution >= 4 is 23.6 Å². The number of aromatic nitrogens is 3. The van der Waals surface area contributed by atoms with E-state index in [1.54, 1.807) is 14.2 Å². The lowest BCUT2D eigenvalue weighted by molar-refractivity contribution is -0.0979. The molecule has 0 saturated carbocycles. The molecule has 0 fully saturated rings.